The Morgan fingerprint density at radius 2 is 2.10 bits per heavy atom. The van der Waals surface area contributed by atoms with E-state index in [0.29, 0.717) is 11.1 Å². The second-order valence-electron chi connectivity index (χ2n) is 5.37. The van der Waals surface area contributed by atoms with Crippen molar-refractivity contribution >= 4 is 11.6 Å². The van der Waals surface area contributed by atoms with Gasteiger partial charge in [0, 0.05) is 19.1 Å². The molecule has 0 spiro atoms. The number of hydrogen-bond acceptors (Lipinski definition) is 3. The number of phenolic OH excluding ortho intramolecular Hbond substituents is 1. The van der Waals surface area contributed by atoms with Crippen LogP contribution < -0.4 is 10.6 Å². The Kier molecular flexibility index (Phi) is 4.44. The van der Waals surface area contributed by atoms with Gasteiger partial charge in [-0.15, -0.1) is 0 Å². The van der Waals surface area contributed by atoms with Crippen LogP contribution in [0.5, 0.6) is 5.75 Å². The predicted molar refractivity (Wildman–Crippen MR) is 85.7 cm³/mol. The number of fused-ring (bicyclic) bond motifs is 1. The summed E-state index contributed by atoms with van der Waals surface area (Å²) in [6, 6.07) is 14.3. The topological polar surface area (TPSA) is 44.3 Å². The fourth-order valence-corrected chi connectivity index (χ4v) is 3.00. The molecule has 0 amide bonds. The molecule has 0 aliphatic carbocycles. The van der Waals surface area contributed by atoms with Gasteiger partial charge in [0.25, 0.3) is 0 Å². The van der Waals surface area contributed by atoms with Crippen molar-refractivity contribution < 1.29 is 5.11 Å². The SMILES string of the molecule is Oc1ccc(CNC[C@@H]2NCCc3ccccc32)cc1Cl. The third kappa shape index (κ3) is 3.38. The lowest BCUT2D eigenvalue weighted by Crippen LogP contribution is -2.36. The number of aromatic hydroxyl groups is 1. The Morgan fingerprint density at radius 3 is 2.95 bits per heavy atom. The summed E-state index contributed by atoms with van der Waals surface area (Å²) in [4.78, 5) is 0. The molecule has 0 unspecified atom stereocenters. The molecule has 1 aliphatic heterocycles. The van der Waals surface area contributed by atoms with Gasteiger partial charge in [-0.25, -0.2) is 0 Å². The molecule has 0 saturated carbocycles. The lowest BCUT2D eigenvalue weighted by molar-refractivity contribution is 0.466. The van der Waals surface area contributed by atoms with E-state index in [4.69, 9.17) is 11.6 Å². The molecule has 110 valence electrons. The first-order valence-corrected chi connectivity index (χ1v) is 7.61. The van der Waals surface area contributed by atoms with Crippen LogP contribution in [-0.4, -0.2) is 18.2 Å². The van der Waals surface area contributed by atoms with Gasteiger partial charge in [-0.2, -0.15) is 0 Å². The van der Waals surface area contributed by atoms with E-state index in [9.17, 15) is 5.11 Å². The molecule has 0 fully saturated rings. The van der Waals surface area contributed by atoms with E-state index in [2.05, 4.69) is 34.9 Å². The Balaban J connectivity index is 1.60. The molecule has 0 aromatic heterocycles. The lowest BCUT2D eigenvalue weighted by atomic mass is 9.94. The van der Waals surface area contributed by atoms with Crippen molar-refractivity contribution in [2.75, 3.05) is 13.1 Å². The minimum absolute atomic E-state index is 0.128. The van der Waals surface area contributed by atoms with E-state index in [1.54, 1.807) is 12.1 Å². The quantitative estimate of drug-likeness (QED) is 0.813. The molecule has 1 aliphatic rings. The van der Waals surface area contributed by atoms with E-state index < -0.39 is 0 Å². The van der Waals surface area contributed by atoms with Crippen LogP contribution in [-0.2, 0) is 13.0 Å². The van der Waals surface area contributed by atoms with Gasteiger partial charge in [-0.3, -0.25) is 0 Å². The van der Waals surface area contributed by atoms with E-state index in [0.717, 1.165) is 31.6 Å². The van der Waals surface area contributed by atoms with Gasteiger partial charge in [-0.1, -0.05) is 41.9 Å². The van der Waals surface area contributed by atoms with E-state index in [1.807, 2.05) is 6.07 Å². The van der Waals surface area contributed by atoms with Gasteiger partial charge >= 0.3 is 0 Å². The van der Waals surface area contributed by atoms with Crippen LogP contribution in [0.1, 0.15) is 22.7 Å². The maximum Gasteiger partial charge on any atom is 0.134 e. The van der Waals surface area contributed by atoms with Crippen LogP contribution in [0.15, 0.2) is 42.5 Å². The van der Waals surface area contributed by atoms with Crippen LogP contribution in [0.4, 0.5) is 0 Å². The molecular formula is C17H19ClN2O. The first-order valence-electron chi connectivity index (χ1n) is 7.23. The predicted octanol–water partition coefficient (Wildman–Crippen LogP) is 3.02. The Labute approximate surface area is 130 Å². The molecule has 3 nitrogen and oxygen atoms in total. The smallest absolute Gasteiger partial charge is 0.134 e. The van der Waals surface area contributed by atoms with E-state index in [-0.39, 0.29) is 5.75 Å². The molecule has 1 atom stereocenters. The highest BCUT2D eigenvalue weighted by molar-refractivity contribution is 6.32. The normalized spacial score (nSPS) is 17.5. The number of rotatable bonds is 4. The Morgan fingerprint density at radius 1 is 1.24 bits per heavy atom. The standard InChI is InChI=1S/C17H19ClN2O/c18-15-9-12(5-6-17(15)21)10-19-11-16-14-4-2-1-3-13(14)7-8-20-16/h1-6,9,16,19-21H,7-8,10-11H2/t16-/m0/s1. The lowest BCUT2D eigenvalue weighted by Gasteiger charge is -2.27. The average molecular weight is 303 g/mol. The zero-order valence-corrected chi connectivity index (χ0v) is 12.5. The van der Waals surface area contributed by atoms with Crippen LogP contribution in [0, 0.1) is 0 Å². The average Bonchev–Trinajstić information content (AvgIpc) is 2.51. The molecule has 0 radical (unpaired) electrons. The van der Waals surface area contributed by atoms with Crippen LogP contribution in [0.25, 0.3) is 0 Å². The second kappa shape index (κ2) is 6.48. The summed E-state index contributed by atoms with van der Waals surface area (Å²) in [5.74, 6) is 0.128. The molecule has 2 aromatic carbocycles. The van der Waals surface area contributed by atoms with Crippen molar-refractivity contribution in [1.29, 1.82) is 0 Å². The van der Waals surface area contributed by atoms with Gasteiger partial charge in [0.15, 0.2) is 0 Å². The van der Waals surface area contributed by atoms with Crippen molar-refractivity contribution in [3.63, 3.8) is 0 Å². The Hall–Kier alpha value is -1.55. The van der Waals surface area contributed by atoms with Crippen molar-refractivity contribution in [1.82, 2.24) is 10.6 Å². The van der Waals surface area contributed by atoms with Crippen LogP contribution in [0.2, 0.25) is 5.02 Å². The highest BCUT2D eigenvalue weighted by Gasteiger charge is 2.18. The largest absolute Gasteiger partial charge is 0.506 e. The molecule has 2 aromatic rings. The summed E-state index contributed by atoms with van der Waals surface area (Å²) in [7, 11) is 0. The fourth-order valence-electron chi connectivity index (χ4n) is 2.80. The van der Waals surface area contributed by atoms with Crippen molar-refractivity contribution in [2.24, 2.45) is 0 Å². The van der Waals surface area contributed by atoms with Crippen molar-refractivity contribution in [3.05, 3.63) is 64.2 Å². The first-order chi connectivity index (χ1) is 10.2. The van der Waals surface area contributed by atoms with Crippen molar-refractivity contribution in [3.8, 4) is 5.75 Å². The molecule has 3 N–H and O–H groups in total. The molecule has 1 heterocycles. The third-order valence-corrected chi connectivity index (χ3v) is 4.21. The number of hydrogen-bond donors (Lipinski definition) is 3. The molecule has 0 saturated heterocycles. The second-order valence-corrected chi connectivity index (χ2v) is 5.78. The maximum absolute atomic E-state index is 9.42. The third-order valence-electron chi connectivity index (χ3n) is 3.91. The summed E-state index contributed by atoms with van der Waals surface area (Å²) in [5, 5.41) is 16.8. The van der Waals surface area contributed by atoms with E-state index >= 15 is 0 Å². The minimum Gasteiger partial charge on any atom is -0.506 e. The molecule has 3 rings (SSSR count). The highest BCUT2D eigenvalue weighted by Crippen LogP contribution is 2.24. The van der Waals surface area contributed by atoms with E-state index in [1.165, 1.54) is 11.1 Å². The number of benzene rings is 2. The molecule has 21 heavy (non-hydrogen) atoms. The summed E-state index contributed by atoms with van der Waals surface area (Å²) < 4.78 is 0. The minimum atomic E-state index is 0.128. The number of halogens is 1. The van der Waals surface area contributed by atoms with Gasteiger partial charge in [0.2, 0.25) is 0 Å². The van der Waals surface area contributed by atoms with Crippen molar-refractivity contribution in [2.45, 2.75) is 19.0 Å². The van der Waals surface area contributed by atoms with Gasteiger partial charge < -0.3 is 15.7 Å². The summed E-state index contributed by atoms with van der Waals surface area (Å²) >= 11 is 5.92. The summed E-state index contributed by atoms with van der Waals surface area (Å²) in [5.41, 5.74) is 3.90. The molecule has 0 bridgehead atoms. The number of nitrogens with one attached hydrogen (secondary N) is 2. The Bertz CT molecular complexity index is 630. The first kappa shape index (κ1) is 14.4. The molecule has 4 heteroatoms. The van der Waals surface area contributed by atoms with Gasteiger partial charge in [-0.05, 0) is 41.8 Å². The molecular weight excluding hydrogens is 284 g/mol. The summed E-state index contributed by atoms with van der Waals surface area (Å²) in [6.07, 6.45) is 1.10. The summed E-state index contributed by atoms with van der Waals surface area (Å²) in [6.45, 7) is 2.63. The monoisotopic (exact) mass is 302 g/mol. The van der Waals surface area contributed by atoms with Crippen LogP contribution >= 0.6 is 11.6 Å². The number of phenols is 1. The van der Waals surface area contributed by atoms with Gasteiger partial charge in [0.05, 0.1) is 5.02 Å². The zero-order chi connectivity index (χ0) is 14.7. The van der Waals surface area contributed by atoms with Gasteiger partial charge in [0.1, 0.15) is 5.75 Å². The fraction of sp³-hybridized carbons (Fsp3) is 0.294. The maximum atomic E-state index is 9.42. The zero-order valence-electron chi connectivity index (χ0n) is 11.8. The highest BCUT2D eigenvalue weighted by atomic mass is 35.5. The van der Waals surface area contributed by atoms with Crippen LogP contribution in [0.3, 0.4) is 0 Å².